The molecule has 10 nitrogen and oxygen atoms in total. The van der Waals surface area contributed by atoms with Crippen molar-refractivity contribution in [2.24, 2.45) is 17.8 Å². The number of hydrogen-bond acceptors (Lipinski definition) is 10. The molecule has 9 aliphatic rings. The average molecular weight is 1330 g/mol. The first-order chi connectivity index (χ1) is 42.8. The molecule has 11 heteroatoms. The van der Waals surface area contributed by atoms with E-state index in [1.807, 2.05) is 14.2 Å². The van der Waals surface area contributed by atoms with Crippen molar-refractivity contribution in [2.45, 2.75) is 379 Å². The van der Waals surface area contributed by atoms with Gasteiger partial charge >= 0.3 is 0 Å². The second-order valence-corrected chi connectivity index (χ2v) is 30.2. The van der Waals surface area contributed by atoms with Crippen LogP contribution in [0, 0.1) is 17.8 Å². The molecule has 0 aromatic rings. The lowest BCUT2D eigenvalue weighted by molar-refractivity contribution is -0.142. The van der Waals surface area contributed by atoms with Gasteiger partial charge in [0.05, 0.1) is 68.1 Å². The van der Waals surface area contributed by atoms with Crippen molar-refractivity contribution in [3.63, 3.8) is 0 Å². The quantitative estimate of drug-likeness (QED) is 0.0341. The van der Waals surface area contributed by atoms with Gasteiger partial charge in [-0.1, -0.05) is 210 Å². The summed E-state index contributed by atoms with van der Waals surface area (Å²) in [5.41, 5.74) is 6.27. The number of allylic oxidation sites excluding steroid dienone is 5. The largest absolute Gasteiger partial charge is 0.377 e. The van der Waals surface area contributed by atoms with Crippen LogP contribution in [0.5, 0.6) is 0 Å². The van der Waals surface area contributed by atoms with Gasteiger partial charge in [-0.25, -0.2) is 0 Å². The zero-order chi connectivity index (χ0) is 64.7. The van der Waals surface area contributed by atoms with Gasteiger partial charge in [0, 0.05) is 27.8 Å². The zero-order valence-corrected chi connectivity index (χ0v) is 62.4. The summed E-state index contributed by atoms with van der Waals surface area (Å²) < 4.78 is 54.2. The lowest BCUT2D eigenvalue weighted by atomic mass is 9.67. The Labute approximate surface area is 562 Å². The van der Waals surface area contributed by atoms with E-state index in [9.17, 15) is 4.79 Å². The number of carbonyl (C=O) groups excluding carboxylic acids is 1. The maximum atomic E-state index is 12.2. The highest BCUT2D eigenvalue weighted by molar-refractivity contribution is 8.93. The van der Waals surface area contributed by atoms with Crippen molar-refractivity contribution in [3.05, 3.63) is 58.2 Å². The van der Waals surface area contributed by atoms with Crippen LogP contribution in [0.25, 0.3) is 0 Å². The van der Waals surface area contributed by atoms with Gasteiger partial charge < -0.3 is 42.6 Å². The first-order valence-corrected chi connectivity index (χ1v) is 37.1. The van der Waals surface area contributed by atoms with Crippen molar-refractivity contribution in [2.75, 3.05) is 41.2 Å². The average Bonchev–Trinajstić information content (AvgIpc) is 1.56. The molecule has 0 unspecified atom stereocenters. The maximum absolute atomic E-state index is 12.2. The van der Waals surface area contributed by atoms with Crippen LogP contribution in [-0.4, -0.2) is 117 Å². The van der Waals surface area contributed by atoms with Crippen LogP contribution >= 0.6 is 17.0 Å². The number of rotatable bonds is 36. The molecule has 0 bridgehead atoms. The fraction of sp³-hybridized carbons (Fsp3) is 0.861. The summed E-state index contributed by atoms with van der Waals surface area (Å²) in [4.78, 5) is 12.2. The molecule has 3 aliphatic carbocycles. The smallest absolute Gasteiger partial charge is 0.162 e. The number of methoxy groups -OCH3 is 3. The van der Waals surface area contributed by atoms with Crippen LogP contribution in [-0.2, 0) is 47.4 Å². The van der Waals surface area contributed by atoms with E-state index in [0.29, 0.717) is 30.5 Å². The Morgan fingerprint density at radius 2 is 0.667 bits per heavy atom. The lowest BCUT2D eigenvalue weighted by Gasteiger charge is -2.40. The van der Waals surface area contributed by atoms with Crippen LogP contribution in [0.4, 0.5) is 0 Å². The first-order valence-electron chi connectivity index (χ1n) is 37.1. The van der Waals surface area contributed by atoms with Gasteiger partial charge in [-0.05, 0) is 151 Å². The zero-order valence-electron chi connectivity index (χ0n) is 60.7. The summed E-state index contributed by atoms with van der Waals surface area (Å²) in [6.45, 7) is 31.1. The summed E-state index contributed by atoms with van der Waals surface area (Å²) in [7, 11) is 5.36. The fourth-order valence-corrected chi connectivity index (χ4v) is 16.1. The summed E-state index contributed by atoms with van der Waals surface area (Å²) >= 11 is 0. The Hall–Kier alpha value is -1.51. The Morgan fingerprint density at radius 3 is 0.922 bits per heavy atom. The van der Waals surface area contributed by atoms with Crippen molar-refractivity contribution in [3.8, 4) is 0 Å². The second kappa shape index (κ2) is 38.4. The predicted octanol–water partition coefficient (Wildman–Crippen LogP) is 20.9. The van der Waals surface area contributed by atoms with E-state index in [1.54, 1.807) is 7.11 Å². The molecular formula is C79H137BrO10. The third-order valence-electron chi connectivity index (χ3n) is 22.1. The summed E-state index contributed by atoms with van der Waals surface area (Å²) in [5, 5.41) is 0. The Balaban J connectivity index is 0.000000228. The SMILES string of the molecule is Br.CCCCCCCCCC=C1CC[C@]2(CO2)[C@@H]([C@@]2(C)O[C@@H]2CC=C(C)C)[C@@H]1OC.CCCCCCCCCC=C1CC[C@]2(CO2)[C@@H]([C@@]2(C)O[C@@H]2CC=C(C)C)[C@@H]1OC.CCCCCCCCCCC.CO[C@@H]1C(=O)CC[C@]2(CO2)[C@H]1[C@@]1(C)O[C@@H]1CC=C(C)C. The number of ketones is 1. The number of epoxide rings is 6. The van der Waals surface area contributed by atoms with Crippen LogP contribution < -0.4 is 0 Å². The highest BCUT2D eigenvalue weighted by Crippen LogP contribution is 2.62. The van der Waals surface area contributed by atoms with E-state index in [-0.39, 0.29) is 86.7 Å². The first kappa shape index (κ1) is 79.2. The maximum Gasteiger partial charge on any atom is 0.162 e. The van der Waals surface area contributed by atoms with E-state index < -0.39 is 0 Å². The number of Topliss-reactive ketones (excluding diaryl/α,β-unsaturated/α-hetero) is 1. The minimum absolute atomic E-state index is 0. The van der Waals surface area contributed by atoms with Gasteiger partial charge in [0.25, 0.3) is 0 Å². The normalized spacial score (nSPS) is 35.5. The molecule has 9 fully saturated rings. The molecule has 0 radical (unpaired) electrons. The van der Waals surface area contributed by atoms with E-state index in [0.717, 1.165) is 71.2 Å². The highest BCUT2D eigenvalue weighted by Gasteiger charge is 2.74. The van der Waals surface area contributed by atoms with E-state index in [4.69, 9.17) is 42.6 Å². The second-order valence-electron chi connectivity index (χ2n) is 30.2. The van der Waals surface area contributed by atoms with E-state index in [1.165, 1.54) is 188 Å². The van der Waals surface area contributed by atoms with Crippen LogP contribution in [0.3, 0.4) is 0 Å². The molecule has 0 aromatic heterocycles. The minimum Gasteiger partial charge on any atom is -0.377 e. The van der Waals surface area contributed by atoms with Crippen molar-refractivity contribution in [1.82, 2.24) is 0 Å². The lowest BCUT2D eigenvalue weighted by Crippen LogP contribution is -2.52. The van der Waals surface area contributed by atoms with Gasteiger partial charge in [-0.15, -0.1) is 17.0 Å². The van der Waals surface area contributed by atoms with Crippen molar-refractivity contribution < 1.29 is 47.4 Å². The number of hydrogen-bond donors (Lipinski definition) is 0. The minimum atomic E-state index is -0.382. The molecule has 0 amide bonds. The molecule has 6 heterocycles. The van der Waals surface area contributed by atoms with Crippen molar-refractivity contribution >= 4 is 22.8 Å². The van der Waals surface area contributed by atoms with E-state index >= 15 is 0 Å². The Bertz CT molecular complexity index is 2130. The predicted molar refractivity (Wildman–Crippen MR) is 378 cm³/mol. The van der Waals surface area contributed by atoms with Gasteiger partial charge in [0.15, 0.2) is 5.78 Å². The molecule has 15 atom stereocenters. The van der Waals surface area contributed by atoms with Gasteiger partial charge in [-0.3, -0.25) is 4.79 Å². The van der Waals surface area contributed by atoms with Gasteiger partial charge in [0.2, 0.25) is 0 Å². The fourth-order valence-electron chi connectivity index (χ4n) is 16.1. The summed E-state index contributed by atoms with van der Waals surface area (Å²) in [6, 6.07) is 0. The van der Waals surface area contributed by atoms with Crippen molar-refractivity contribution in [1.29, 1.82) is 0 Å². The third kappa shape index (κ3) is 22.5. The van der Waals surface area contributed by atoms with Gasteiger partial charge in [0.1, 0.15) is 39.7 Å². The van der Waals surface area contributed by atoms with Crippen LogP contribution in [0.15, 0.2) is 58.2 Å². The number of unbranched alkanes of at least 4 members (excludes halogenated alkanes) is 22. The van der Waals surface area contributed by atoms with Crippen LogP contribution in [0.2, 0.25) is 0 Å². The highest BCUT2D eigenvalue weighted by atomic mass is 79.9. The van der Waals surface area contributed by atoms with Crippen LogP contribution in [0.1, 0.15) is 308 Å². The molecule has 0 aromatic carbocycles. The summed E-state index contributed by atoms with van der Waals surface area (Å²) in [5.74, 6) is 0.835. The monoisotopic (exact) mass is 1320 g/mol. The van der Waals surface area contributed by atoms with Gasteiger partial charge in [-0.2, -0.15) is 0 Å². The standard InChI is InChI=1S/2C26H44O3.C16H24O4.C11H24.BrH/c2*1-6-7-8-9-10-11-12-13-14-21-17-18-26(19-28-26)24(23(21)27-5)25(4)22(29-25)16-15-20(2)3;1-10(2)5-6-12-15(3,20-12)14-13(18-4)11(17)7-8-16(14)9-19-16;1-3-5-7-9-11-10-8-6-4-2;/h2*14-15,22-24H,6-13,16-19H2,1-5H3;5,12-14H,6-9H2,1-4H3;3-11H2,1-2H3;1H/t2*22-,23-,24-,25+,26+;12-,13-,14-,15+,16+;;/m111../s1. The molecule has 6 saturated heterocycles. The van der Waals surface area contributed by atoms with E-state index in [2.05, 4.69) is 120 Å². The molecule has 520 valence electrons. The molecule has 9 rings (SSSR count). The third-order valence-corrected chi connectivity index (χ3v) is 22.1. The summed E-state index contributed by atoms with van der Waals surface area (Å²) in [6.07, 6.45) is 55.6. The molecule has 90 heavy (non-hydrogen) atoms. The topological polar surface area (TPSA) is 120 Å². The molecule has 3 saturated carbocycles. The molecule has 3 spiro atoms. The number of ether oxygens (including phenoxy) is 9. The number of halogens is 1. The number of carbonyl (C=O) groups is 1. The Kier molecular flexibility index (Phi) is 33.8. The Morgan fingerprint density at radius 1 is 0.411 bits per heavy atom. The molecule has 0 N–H and O–H groups in total. The molecular weight excluding hydrogens is 1190 g/mol. The molecule has 6 aliphatic heterocycles.